The van der Waals surface area contributed by atoms with Gasteiger partial charge < -0.3 is 10.1 Å². The number of halogens is 3. The molecule has 1 aromatic carbocycles. The van der Waals surface area contributed by atoms with E-state index in [-0.39, 0.29) is 17.8 Å². The highest BCUT2D eigenvalue weighted by Gasteiger charge is 2.27. The number of para-hydroxylation sites is 2. The van der Waals surface area contributed by atoms with E-state index < -0.39 is 35.3 Å². The van der Waals surface area contributed by atoms with E-state index in [9.17, 15) is 26.4 Å². The van der Waals surface area contributed by atoms with Crippen molar-refractivity contribution in [3.05, 3.63) is 24.3 Å². The summed E-state index contributed by atoms with van der Waals surface area (Å²) in [5, 5.41) is 2.40. The van der Waals surface area contributed by atoms with Gasteiger partial charge in [0.1, 0.15) is 6.61 Å². The normalized spacial score (nSPS) is 12.0. The molecule has 124 valence electrons. The third-order valence-electron chi connectivity index (χ3n) is 2.24. The van der Waals surface area contributed by atoms with E-state index in [0.29, 0.717) is 0 Å². The zero-order chi connectivity index (χ0) is 16.8. The predicted octanol–water partition coefficient (Wildman–Crippen LogP) is 1.97. The maximum Gasteiger partial charge on any atom is 0.411 e. The molecule has 0 fully saturated rings. The van der Waals surface area contributed by atoms with Gasteiger partial charge in [-0.1, -0.05) is 12.1 Å². The largest absolute Gasteiger partial charge is 0.411 e. The molecular formula is C12H15F3N2O4S. The van der Waals surface area contributed by atoms with Crippen molar-refractivity contribution in [2.24, 2.45) is 0 Å². The Balaban J connectivity index is 2.54. The van der Waals surface area contributed by atoms with Crippen molar-refractivity contribution in [3.8, 4) is 0 Å². The van der Waals surface area contributed by atoms with Crippen LogP contribution in [0, 0.1) is 0 Å². The van der Waals surface area contributed by atoms with Gasteiger partial charge in [-0.2, -0.15) is 13.2 Å². The fourth-order valence-corrected chi connectivity index (χ4v) is 2.02. The highest BCUT2D eigenvalue weighted by molar-refractivity contribution is 7.92. The predicted molar refractivity (Wildman–Crippen MR) is 75.0 cm³/mol. The second kappa shape index (κ2) is 7.45. The molecule has 0 aromatic heterocycles. The van der Waals surface area contributed by atoms with Crippen LogP contribution in [-0.4, -0.2) is 40.0 Å². The lowest BCUT2D eigenvalue weighted by Crippen LogP contribution is -2.20. The number of sulfonamides is 1. The highest BCUT2D eigenvalue weighted by atomic mass is 32.2. The Kier molecular flexibility index (Phi) is 6.18. The number of anilines is 2. The lowest BCUT2D eigenvalue weighted by atomic mass is 10.2. The molecule has 0 atom stereocenters. The van der Waals surface area contributed by atoms with Crippen molar-refractivity contribution in [1.82, 2.24) is 0 Å². The number of hydrogen-bond acceptors (Lipinski definition) is 4. The van der Waals surface area contributed by atoms with E-state index in [4.69, 9.17) is 0 Å². The quantitative estimate of drug-likeness (QED) is 0.743. The summed E-state index contributed by atoms with van der Waals surface area (Å²) in [6.07, 6.45) is -3.78. The van der Waals surface area contributed by atoms with Gasteiger partial charge in [0.25, 0.3) is 0 Å². The van der Waals surface area contributed by atoms with Crippen LogP contribution in [0.25, 0.3) is 0 Å². The maximum atomic E-state index is 11.8. The van der Waals surface area contributed by atoms with Crippen LogP contribution < -0.4 is 10.0 Å². The van der Waals surface area contributed by atoms with Gasteiger partial charge in [0.05, 0.1) is 30.7 Å². The molecule has 0 bridgehead atoms. The average Bonchev–Trinajstić information content (AvgIpc) is 2.34. The molecule has 0 saturated heterocycles. The molecule has 6 nitrogen and oxygen atoms in total. The maximum absolute atomic E-state index is 11.8. The number of ether oxygens (including phenoxy) is 1. The minimum absolute atomic E-state index is 0.162. The van der Waals surface area contributed by atoms with Gasteiger partial charge in [-0.05, 0) is 12.1 Å². The van der Waals surface area contributed by atoms with Crippen LogP contribution in [-0.2, 0) is 19.6 Å². The van der Waals surface area contributed by atoms with Crippen molar-refractivity contribution in [2.45, 2.75) is 12.6 Å². The molecule has 0 aliphatic carbocycles. The summed E-state index contributed by atoms with van der Waals surface area (Å²) in [4.78, 5) is 11.6. The van der Waals surface area contributed by atoms with Crippen molar-refractivity contribution in [2.75, 3.05) is 29.5 Å². The first-order valence-corrected chi connectivity index (χ1v) is 7.97. The van der Waals surface area contributed by atoms with Crippen LogP contribution in [0.5, 0.6) is 0 Å². The number of amides is 1. The number of benzene rings is 1. The van der Waals surface area contributed by atoms with E-state index in [2.05, 4.69) is 14.8 Å². The van der Waals surface area contributed by atoms with E-state index in [1.807, 2.05) is 0 Å². The van der Waals surface area contributed by atoms with Gasteiger partial charge in [-0.3, -0.25) is 9.52 Å². The smallest absolute Gasteiger partial charge is 0.372 e. The topological polar surface area (TPSA) is 84.5 Å². The first kappa shape index (κ1) is 18.2. The Hall–Kier alpha value is -1.81. The van der Waals surface area contributed by atoms with Crippen molar-refractivity contribution >= 4 is 27.3 Å². The Morgan fingerprint density at radius 2 is 1.82 bits per heavy atom. The van der Waals surface area contributed by atoms with Crippen LogP contribution in [0.1, 0.15) is 6.42 Å². The number of nitrogens with one attached hydrogen (secondary N) is 2. The SMILES string of the molecule is CS(=O)(=O)Nc1ccccc1NC(=O)CCOCC(F)(F)F. The zero-order valence-electron chi connectivity index (χ0n) is 11.6. The fraction of sp³-hybridized carbons (Fsp3) is 0.417. The van der Waals surface area contributed by atoms with E-state index in [1.165, 1.54) is 12.1 Å². The molecule has 0 saturated carbocycles. The molecule has 0 radical (unpaired) electrons. The number of rotatable bonds is 7. The Labute approximate surface area is 125 Å². The third kappa shape index (κ3) is 7.84. The Bertz CT molecular complexity index is 617. The van der Waals surface area contributed by atoms with Gasteiger partial charge in [0.2, 0.25) is 15.9 Å². The van der Waals surface area contributed by atoms with Crippen LogP contribution in [0.3, 0.4) is 0 Å². The molecule has 0 aliphatic rings. The standard InChI is InChI=1S/C12H15F3N2O4S/c1-22(19,20)17-10-5-3-2-4-9(10)16-11(18)6-7-21-8-12(13,14)15/h2-5,17H,6-8H2,1H3,(H,16,18). The van der Waals surface area contributed by atoms with E-state index >= 15 is 0 Å². The molecule has 0 aliphatic heterocycles. The monoisotopic (exact) mass is 340 g/mol. The second-order valence-electron chi connectivity index (χ2n) is 4.39. The third-order valence-corrected chi connectivity index (χ3v) is 2.83. The zero-order valence-corrected chi connectivity index (χ0v) is 12.4. The Morgan fingerprint density at radius 3 is 2.36 bits per heavy atom. The van der Waals surface area contributed by atoms with Crippen molar-refractivity contribution < 1.29 is 31.1 Å². The van der Waals surface area contributed by atoms with Crippen molar-refractivity contribution in [3.63, 3.8) is 0 Å². The summed E-state index contributed by atoms with van der Waals surface area (Å²) in [6, 6.07) is 6.04. The molecule has 0 spiro atoms. The molecule has 1 amide bonds. The Morgan fingerprint density at radius 1 is 1.23 bits per heavy atom. The molecule has 22 heavy (non-hydrogen) atoms. The minimum Gasteiger partial charge on any atom is -0.372 e. The van der Waals surface area contributed by atoms with Crippen LogP contribution in [0.4, 0.5) is 24.5 Å². The van der Waals surface area contributed by atoms with Gasteiger partial charge in [-0.15, -0.1) is 0 Å². The summed E-state index contributed by atoms with van der Waals surface area (Å²) in [5.41, 5.74) is 0.364. The lowest BCUT2D eigenvalue weighted by molar-refractivity contribution is -0.174. The first-order valence-electron chi connectivity index (χ1n) is 6.08. The van der Waals surface area contributed by atoms with Gasteiger partial charge in [0, 0.05) is 0 Å². The first-order chi connectivity index (χ1) is 10.1. The van der Waals surface area contributed by atoms with Crippen LogP contribution >= 0.6 is 0 Å². The lowest BCUT2D eigenvalue weighted by Gasteiger charge is -2.12. The number of carbonyl (C=O) groups is 1. The van der Waals surface area contributed by atoms with E-state index in [0.717, 1.165) is 6.26 Å². The average molecular weight is 340 g/mol. The number of hydrogen-bond donors (Lipinski definition) is 2. The highest BCUT2D eigenvalue weighted by Crippen LogP contribution is 2.22. The van der Waals surface area contributed by atoms with Crippen LogP contribution in [0.2, 0.25) is 0 Å². The second-order valence-corrected chi connectivity index (χ2v) is 6.13. The van der Waals surface area contributed by atoms with Crippen LogP contribution in [0.15, 0.2) is 24.3 Å². The van der Waals surface area contributed by atoms with Gasteiger partial charge >= 0.3 is 6.18 Å². The number of alkyl halides is 3. The molecule has 10 heteroatoms. The van der Waals surface area contributed by atoms with E-state index in [1.54, 1.807) is 12.1 Å². The van der Waals surface area contributed by atoms with Gasteiger partial charge in [-0.25, -0.2) is 8.42 Å². The van der Waals surface area contributed by atoms with Crippen molar-refractivity contribution in [1.29, 1.82) is 0 Å². The molecular weight excluding hydrogens is 325 g/mol. The summed E-state index contributed by atoms with van der Waals surface area (Å²) in [6.45, 7) is -1.82. The van der Waals surface area contributed by atoms with Gasteiger partial charge in [0.15, 0.2) is 0 Å². The molecule has 0 heterocycles. The molecule has 0 unspecified atom stereocenters. The summed E-state index contributed by atoms with van der Waals surface area (Å²) in [7, 11) is -3.52. The molecule has 1 rings (SSSR count). The summed E-state index contributed by atoms with van der Waals surface area (Å²) < 4.78 is 64.5. The summed E-state index contributed by atoms with van der Waals surface area (Å²) in [5.74, 6) is -0.593. The fourth-order valence-electron chi connectivity index (χ4n) is 1.45. The molecule has 1 aromatic rings. The summed E-state index contributed by atoms with van der Waals surface area (Å²) >= 11 is 0. The minimum atomic E-state index is -4.44. The molecule has 2 N–H and O–H groups in total. The number of carbonyl (C=O) groups excluding carboxylic acids is 1.